The first-order valence-electron chi connectivity index (χ1n) is 7.78. The summed E-state index contributed by atoms with van der Waals surface area (Å²) in [5.41, 5.74) is 0.977. The third kappa shape index (κ3) is 4.21. The van der Waals surface area contributed by atoms with Gasteiger partial charge in [0.1, 0.15) is 5.75 Å². The van der Waals surface area contributed by atoms with E-state index in [4.69, 9.17) is 4.74 Å². The first kappa shape index (κ1) is 15.8. The highest BCUT2D eigenvalue weighted by atomic mass is 16.5. The molecule has 1 unspecified atom stereocenters. The molecule has 1 aliphatic carbocycles. The Labute approximate surface area is 127 Å². The van der Waals surface area contributed by atoms with E-state index in [1.54, 1.807) is 7.11 Å². The molecule has 1 atom stereocenters. The molecule has 1 aromatic carbocycles. The maximum absolute atomic E-state index is 12.6. The molecule has 0 aromatic heterocycles. The average Bonchev–Trinajstić information content (AvgIpc) is 3.33. The lowest BCUT2D eigenvalue weighted by Crippen LogP contribution is -2.40. The smallest absolute Gasteiger partial charge is 0.227 e. The Hall–Kier alpha value is -1.55. The molecule has 0 heterocycles. The van der Waals surface area contributed by atoms with E-state index in [0.717, 1.165) is 24.4 Å². The van der Waals surface area contributed by atoms with Gasteiger partial charge < -0.3 is 15.0 Å². The fourth-order valence-electron chi connectivity index (χ4n) is 2.68. The summed E-state index contributed by atoms with van der Waals surface area (Å²) in [6, 6.07) is 8.08. The van der Waals surface area contributed by atoms with Crippen LogP contribution in [0.3, 0.4) is 0 Å². The fourth-order valence-corrected chi connectivity index (χ4v) is 2.68. The van der Waals surface area contributed by atoms with E-state index in [2.05, 4.69) is 12.2 Å². The highest BCUT2D eigenvalue weighted by Gasteiger charge is 2.34. The van der Waals surface area contributed by atoms with Gasteiger partial charge in [0.05, 0.1) is 7.11 Å². The number of benzene rings is 1. The molecule has 1 aromatic rings. The molecular weight excluding hydrogens is 264 g/mol. The van der Waals surface area contributed by atoms with E-state index in [0.29, 0.717) is 12.3 Å². The summed E-state index contributed by atoms with van der Waals surface area (Å²) in [7, 11) is 3.57. The number of hydrogen-bond acceptors (Lipinski definition) is 3. The summed E-state index contributed by atoms with van der Waals surface area (Å²) in [4.78, 5) is 14.6. The lowest BCUT2D eigenvalue weighted by Gasteiger charge is -2.30. The highest BCUT2D eigenvalue weighted by molar-refractivity contribution is 5.94. The van der Waals surface area contributed by atoms with Crippen LogP contribution >= 0.6 is 0 Å². The Morgan fingerprint density at radius 1 is 1.38 bits per heavy atom. The minimum atomic E-state index is 0.217. The molecule has 21 heavy (non-hydrogen) atoms. The Kier molecular flexibility index (Phi) is 5.62. The number of nitrogens with one attached hydrogen (secondary N) is 1. The molecule has 2 rings (SSSR count). The normalized spacial score (nSPS) is 15.6. The van der Waals surface area contributed by atoms with Crippen LogP contribution in [0.5, 0.6) is 5.75 Å². The second kappa shape index (κ2) is 7.46. The number of methoxy groups -OCH3 is 1. The van der Waals surface area contributed by atoms with Crippen LogP contribution in [0.4, 0.5) is 5.69 Å². The van der Waals surface area contributed by atoms with Crippen LogP contribution in [0.2, 0.25) is 0 Å². The molecular formula is C17H26N2O2. The van der Waals surface area contributed by atoms with Crippen molar-refractivity contribution >= 4 is 11.6 Å². The number of carbonyl (C=O) groups is 1. The fraction of sp³-hybridized carbons (Fsp3) is 0.588. The molecule has 1 saturated carbocycles. The van der Waals surface area contributed by atoms with Gasteiger partial charge in [-0.15, -0.1) is 0 Å². The van der Waals surface area contributed by atoms with Crippen molar-refractivity contribution in [3.05, 3.63) is 24.3 Å². The quantitative estimate of drug-likeness (QED) is 0.749. The van der Waals surface area contributed by atoms with Gasteiger partial charge in [0.15, 0.2) is 0 Å². The van der Waals surface area contributed by atoms with Crippen LogP contribution < -0.4 is 15.0 Å². The number of anilines is 1. The Morgan fingerprint density at radius 2 is 2.05 bits per heavy atom. The van der Waals surface area contributed by atoms with Crippen molar-refractivity contribution in [1.29, 1.82) is 0 Å². The van der Waals surface area contributed by atoms with Gasteiger partial charge in [-0.2, -0.15) is 0 Å². The van der Waals surface area contributed by atoms with E-state index in [-0.39, 0.29) is 11.9 Å². The summed E-state index contributed by atoms with van der Waals surface area (Å²) in [5, 5.41) is 3.09. The van der Waals surface area contributed by atoms with Crippen LogP contribution in [-0.4, -0.2) is 32.7 Å². The molecule has 0 radical (unpaired) electrons. The molecule has 1 fully saturated rings. The van der Waals surface area contributed by atoms with Crippen molar-refractivity contribution in [3.63, 3.8) is 0 Å². The summed E-state index contributed by atoms with van der Waals surface area (Å²) in [5.74, 6) is 1.69. The number of ether oxygens (including phenoxy) is 1. The molecule has 4 nitrogen and oxygen atoms in total. The lowest BCUT2D eigenvalue weighted by atomic mass is 10.1. The number of amides is 1. The minimum Gasteiger partial charge on any atom is -0.497 e. The maximum atomic E-state index is 12.6. The van der Waals surface area contributed by atoms with Crippen molar-refractivity contribution in [3.8, 4) is 5.75 Å². The van der Waals surface area contributed by atoms with Gasteiger partial charge in [0.25, 0.3) is 0 Å². The summed E-state index contributed by atoms with van der Waals surface area (Å²) >= 11 is 0. The van der Waals surface area contributed by atoms with Crippen LogP contribution in [0.15, 0.2) is 24.3 Å². The Morgan fingerprint density at radius 3 is 2.57 bits per heavy atom. The summed E-state index contributed by atoms with van der Waals surface area (Å²) in [6.45, 7) is 3.04. The van der Waals surface area contributed by atoms with Crippen molar-refractivity contribution in [2.75, 3.05) is 25.6 Å². The zero-order valence-electron chi connectivity index (χ0n) is 13.3. The molecule has 116 valence electrons. The first-order valence-corrected chi connectivity index (χ1v) is 7.78. The predicted octanol–water partition coefficient (Wildman–Crippen LogP) is 2.83. The van der Waals surface area contributed by atoms with E-state index in [9.17, 15) is 4.79 Å². The molecule has 0 spiro atoms. The van der Waals surface area contributed by atoms with Crippen LogP contribution in [0, 0.1) is 5.92 Å². The van der Waals surface area contributed by atoms with Crippen LogP contribution in [0.1, 0.15) is 32.6 Å². The molecule has 1 N–H and O–H groups in total. The van der Waals surface area contributed by atoms with Crippen molar-refractivity contribution in [2.24, 2.45) is 5.92 Å². The van der Waals surface area contributed by atoms with Crippen LogP contribution in [-0.2, 0) is 4.79 Å². The van der Waals surface area contributed by atoms with Crippen molar-refractivity contribution < 1.29 is 9.53 Å². The number of carbonyl (C=O) groups excluding carboxylic acids is 1. The highest BCUT2D eigenvalue weighted by Crippen LogP contribution is 2.37. The third-order valence-corrected chi connectivity index (χ3v) is 4.15. The predicted molar refractivity (Wildman–Crippen MR) is 85.8 cm³/mol. The standard InChI is InChI=1S/C17H26N2O2/c1-13(14-6-7-14)19(17(20)5-4-12-18-2)15-8-10-16(21-3)11-9-15/h8-11,13-14,18H,4-7,12H2,1-3H3. The molecule has 0 saturated heterocycles. The summed E-state index contributed by atoms with van der Waals surface area (Å²) in [6.07, 6.45) is 3.93. The monoisotopic (exact) mass is 290 g/mol. The van der Waals surface area contributed by atoms with Crippen molar-refractivity contribution in [1.82, 2.24) is 5.32 Å². The van der Waals surface area contributed by atoms with Gasteiger partial charge in [-0.25, -0.2) is 0 Å². The summed E-state index contributed by atoms with van der Waals surface area (Å²) < 4.78 is 5.20. The number of rotatable bonds is 8. The van der Waals surface area contributed by atoms with Gasteiger partial charge in [-0.3, -0.25) is 4.79 Å². The second-order valence-electron chi connectivity index (χ2n) is 5.75. The Bertz CT molecular complexity index is 454. The van der Waals surface area contributed by atoms with Gasteiger partial charge in [0, 0.05) is 18.2 Å². The van der Waals surface area contributed by atoms with E-state index in [1.165, 1.54) is 12.8 Å². The lowest BCUT2D eigenvalue weighted by molar-refractivity contribution is -0.119. The van der Waals surface area contributed by atoms with E-state index >= 15 is 0 Å². The minimum absolute atomic E-state index is 0.217. The van der Waals surface area contributed by atoms with Gasteiger partial charge in [-0.1, -0.05) is 0 Å². The molecule has 0 bridgehead atoms. The van der Waals surface area contributed by atoms with Crippen LogP contribution in [0.25, 0.3) is 0 Å². The SMILES string of the molecule is CNCCCC(=O)N(c1ccc(OC)cc1)C(C)C1CC1. The maximum Gasteiger partial charge on any atom is 0.227 e. The van der Waals surface area contributed by atoms with Gasteiger partial charge >= 0.3 is 0 Å². The van der Waals surface area contributed by atoms with Gasteiger partial charge in [0.2, 0.25) is 5.91 Å². The molecule has 1 aliphatic rings. The zero-order valence-corrected chi connectivity index (χ0v) is 13.3. The van der Waals surface area contributed by atoms with E-state index in [1.807, 2.05) is 36.2 Å². The largest absolute Gasteiger partial charge is 0.497 e. The second-order valence-corrected chi connectivity index (χ2v) is 5.75. The topological polar surface area (TPSA) is 41.6 Å². The van der Waals surface area contributed by atoms with Gasteiger partial charge in [-0.05, 0) is 70.0 Å². The van der Waals surface area contributed by atoms with Crippen molar-refractivity contribution in [2.45, 2.75) is 38.6 Å². The zero-order chi connectivity index (χ0) is 15.2. The number of hydrogen-bond donors (Lipinski definition) is 1. The number of nitrogens with zero attached hydrogens (tertiary/aromatic N) is 1. The molecule has 1 amide bonds. The Balaban J connectivity index is 2.11. The van der Waals surface area contributed by atoms with E-state index < -0.39 is 0 Å². The molecule has 4 heteroatoms. The third-order valence-electron chi connectivity index (χ3n) is 4.15. The molecule has 0 aliphatic heterocycles. The average molecular weight is 290 g/mol. The first-order chi connectivity index (χ1) is 10.2.